The fourth-order valence-electron chi connectivity index (χ4n) is 2.37. The SMILES string of the molecule is COCc1nc2cc(NC(=O)C(C)C3CNC3)ccc2o1.Cl. The van der Waals surface area contributed by atoms with Crippen molar-refractivity contribution in [3.05, 3.63) is 24.1 Å². The van der Waals surface area contributed by atoms with Gasteiger partial charge in [0.2, 0.25) is 11.8 Å². The summed E-state index contributed by atoms with van der Waals surface area (Å²) >= 11 is 0. The second-order valence-electron chi connectivity index (χ2n) is 5.42. The molecule has 22 heavy (non-hydrogen) atoms. The molecule has 2 heterocycles. The first-order valence-electron chi connectivity index (χ1n) is 7.07. The number of nitrogens with zero attached hydrogens (tertiary/aromatic N) is 1. The molecule has 7 heteroatoms. The van der Waals surface area contributed by atoms with E-state index in [4.69, 9.17) is 9.15 Å². The molecule has 0 saturated carbocycles. The molecule has 1 fully saturated rings. The maximum absolute atomic E-state index is 12.2. The van der Waals surface area contributed by atoms with E-state index in [-0.39, 0.29) is 24.2 Å². The number of benzene rings is 1. The van der Waals surface area contributed by atoms with Crippen molar-refractivity contribution < 1.29 is 13.9 Å². The highest BCUT2D eigenvalue weighted by Crippen LogP contribution is 2.22. The van der Waals surface area contributed by atoms with Gasteiger partial charge in [0.25, 0.3) is 0 Å². The lowest BCUT2D eigenvalue weighted by Gasteiger charge is -2.31. The van der Waals surface area contributed by atoms with E-state index < -0.39 is 0 Å². The van der Waals surface area contributed by atoms with Gasteiger partial charge in [0, 0.05) is 18.7 Å². The van der Waals surface area contributed by atoms with E-state index in [2.05, 4.69) is 15.6 Å². The lowest BCUT2D eigenvalue weighted by Crippen LogP contribution is -2.48. The molecule has 0 bridgehead atoms. The molecule has 0 spiro atoms. The monoisotopic (exact) mass is 325 g/mol. The number of rotatable bonds is 5. The molecular weight excluding hydrogens is 306 g/mol. The van der Waals surface area contributed by atoms with E-state index in [1.54, 1.807) is 7.11 Å². The van der Waals surface area contributed by atoms with Crippen LogP contribution < -0.4 is 10.6 Å². The zero-order valence-electron chi connectivity index (χ0n) is 12.6. The van der Waals surface area contributed by atoms with Crippen molar-refractivity contribution >= 4 is 35.1 Å². The van der Waals surface area contributed by atoms with Gasteiger partial charge in [-0.25, -0.2) is 4.98 Å². The molecule has 1 aromatic carbocycles. The zero-order chi connectivity index (χ0) is 14.8. The number of oxazole rings is 1. The molecule has 2 aromatic rings. The Kier molecular flexibility index (Phi) is 5.39. The van der Waals surface area contributed by atoms with Crippen molar-refractivity contribution in [2.75, 3.05) is 25.5 Å². The van der Waals surface area contributed by atoms with Gasteiger partial charge in [-0.15, -0.1) is 12.4 Å². The van der Waals surface area contributed by atoms with Gasteiger partial charge in [0.15, 0.2) is 5.58 Å². The number of hydrogen-bond donors (Lipinski definition) is 2. The molecule has 120 valence electrons. The highest BCUT2D eigenvalue weighted by Gasteiger charge is 2.28. The van der Waals surface area contributed by atoms with Gasteiger partial charge in [0.05, 0.1) is 0 Å². The molecule has 0 aliphatic carbocycles. The van der Waals surface area contributed by atoms with Crippen LogP contribution in [0.15, 0.2) is 22.6 Å². The van der Waals surface area contributed by atoms with Crippen LogP contribution in [0.1, 0.15) is 12.8 Å². The number of aromatic nitrogens is 1. The lowest BCUT2D eigenvalue weighted by molar-refractivity contribution is -0.121. The third kappa shape index (κ3) is 3.40. The predicted molar refractivity (Wildman–Crippen MR) is 86.1 cm³/mol. The van der Waals surface area contributed by atoms with E-state index in [0.29, 0.717) is 24.0 Å². The number of methoxy groups -OCH3 is 1. The molecule has 3 rings (SSSR count). The number of fused-ring (bicyclic) bond motifs is 1. The van der Waals surface area contributed by atoms with Gasteiger partial charge < -0.3 is 19.8 Å². The molecule has 2 N–H and O–H groups in total. The highest BCUT2D eigenvalue weighted by molar-refractivity contribution is 5.94. The summed E-state index contributed by atoms with van der Waals surface area (Å²) in [5, 5.41) is 6.13. The number of carbonyl (C=O) groups excluding carboxylic acids is 1. The Labute approximate surface area is 135 Å². The number of carbonyl (C=O) groups is 1. The van der Waals surface area contributed by atoms with E-state index in [1.807, 2.05) is 25.1 Å². The molecule has 1 saturated heterocycles. The summed E-state index contributed by atoms with van der Waals surface area (Å²) in [7, 11) is 1.59. The van der Waals surface area contributed by atoms with Crippen molar-refractivity contribution in [3.8, 4) is 0 Å². The van der Waals surface area contributed by atoms with Crippen molar-refractivity contribution in [2.24, 2.45) is 11.8 Å². The maximum atomic E-state index is 12.2. The molecular formula is C15H20ClN3O3. The lowest BCUT2D eigenvalue weighted by atomic mass is 9.88. The van der Waals surface area contributed by atoms with Crippen LogP contribution in [-0.2, 0) is 16.1 Å². The van der Waals surface area contributed by atoms with Crippen molar-refractivity contribution in [1.82, 2.24) is 10.3 Å². The second kappa shape index (κ2) is 7.09. The third-order valence-electron chi connectivity index (χ3n) is 3.90. The second-order valence-corrected chi connectivity index (χ2v) is 5.42. The summed E-state index contributed by atoms with van der Waals surface area (Å²) in [6.45, 7) is 4.13. The first kappa shape index (κ1) is 16.7. The summed E-state index contributed by atoms with van der Waals surface area (Å²) in [5.74, 6) is 1.00. The summed E-state index contributed by atoms with van der Waals surface area (Å²) in [6, 6.07) is 5.46. The average molecular weight is 326 g/mol. The Morgan fingerprint density at radius 2 is 2.32 bits per heavy atom. The number of nitrogens with one attached hydrogen (secondary N) is 2. The number of amides is 1. The topological polar surface area (TPSA) is 76.4 Å². The van der Waals surface area contributed by atoms with Gasteiger partial charge in [-0.1, -0.05) is 6.92 Å². The van der Waals surface area contributed by atoms with Gasteiger partial charge in [-0.05, 0) is 37.2 Å². The summed E-state index contributed by atoms with van der Waals surface area (Å²) in [4.78, 5) is 16.5. The minimum atomic E-state index is 0. The minimum Gasteiger partial charge on any atom is -0.438 e. The van der Waals surface area contributed by atoms with Crippen molar-refractivity contribution in [3.63, 3.8) is 0 Å². The third-order valence-corrected chi connectivity index (χ3v) is 3.90. The molecule has 1 aromatic heterocycles. The minimum absolute atomic E-state index is 0. The van der Waals surface area contributed by atoms with Crippen LogP contribution in [0, 0.1) is 11.8 Å². The Hall–Kier alpha value is -1.63. The molecule has 1 aliphatic rings. The number of anilines is 1. The van der Waals surface area contributed by atoms with Crippen LogP contribution in [0.3, 0.4) is 0 Å². The Morgan fingerprint density at radius 3 is 2.95 bits per heavy atom. The van der Waals surface area contributed by atoms with Crippen LogP contribution in [0.2, 0.25) is 0 Å². The Morgan fingerprint density at radius 1 is 1.55 bits per heavy atom. The normalized spacial score (nSPS) is 15.9. The standard InChI is InChI=1S/C15H19N3O3.ClH/c1-9(10-6-16-7-10)15(19)17-11-3-4-13-12(5-11)18-14(21-13)8-20-2;/h3-5,9-10,16H,6-8H2,1-2H3,(H,17,19);1H. The summed E-state index contributed by atoms with van der Waals surface area (Å²) in [6.07, 6.45) is 0. The number of hydrogen-bond acceptors (Lipinski definition) is 5. The quantitative estimate of drug-likeness (QED) is 0.881. The molecule has 1 aliphatic heterocycles. The largest absolute Gasteiger partial charge is 0.438 e. The maximum Gasteiger partial charge on any atom is 0.227 e. The van der Waals surface area contributed by atoms with Gasteiger partial charge in [-0.2, -0.15) is 0 Å². The van der Waals surface area contributed by atoms with Crippen LogP contribution >= 0.6 is 12.4 Å². The van der Waals surface area contributed by atoms with Gasteiger partial charge >= 0.3 is 0 Å². The molecule has 6 nitrogen and oxygen atoms in total. The number of ether oxygens (including phenoxy) is 1. The van der Waals surface area contributed by atoms with Crippen LogP contribution in [0.25, 0.3) is 11.1 Å². The first-order chi connectivity index (χ1) is 10.2. The molecule has 1 atom stereocenters. The molecule has 1 unspecified atom stereocenters. The average Bonchev–Trinajstić information content (AvgIpc) is 2.78. The fourth-order valence-corrected chi connectivity index (χ4v) is 2.37. The van der Waals surface area contributed by atoms with Crippen LogP contribution in [0.4, 0.5) is 5.69 Å². The van der Waals surface area contributed by atoms with Crippen LogP contribution in [-0.4, -0.2) is 31.1 Å². The van der Waals surface area contributed by atoms with Crippen LogP contribution in [0.5, 0.6) is 0 Å². The first-order valence-corrected chi connectivity index (χ1v) is 7.07. The highest BCUT2D eigenvalue weighted by atomic mass is 35.5. The smallest absolute Gasteiger partial charge is 0.227 e. The molecule has 1 amide bonds. The summed E-state index contributed by atoms with van der Waals surface area (Å²) < 4.78 is 10.5. The predicted octanol–water partition coefficient (Wildman–Crippen LogP) is 2.19. The Bertz CT molecular complexity index is 655. The van der Waals surface area contributed by atoms with E-state index in [0.717, 1.165) is 24.3 Å². The Balaban J connectivity index is 0.00000176. The van der Waals surface area contributed by atoms with E-state index in [1.165, 1.54) is 0 Å². The zero-order valence-corrected chi connectivity index (χ0v) is 13.4. The van der Waals surface area contributed by atoms with E-state index >= 15 is 0 Å². The number of halogens is 1. The van der Waals surface area contributed by atoms with Gasteiger partial charge in [-0.3, -0.25) is 4.79 Å². The summed E-state index contributed by atoms with van der Waals surface area (Å²) in [5.41, 5.74) is 2.15. The van der Waals surface area contributed by atoms with Crippen molar-refractivity contribution in [1.29, 1.82) is 0 Å². The van der Waals surface area contributed by atoms with Crippen molar-refractivity contribution in [2.45, 2.75) is 13.5 Å². The van der Waals surface area contributed by atoms with E-state index in [9.17, 15) is 4.79 Å². The molecule has 0 radical (unpaired) electrons. The fraction of sp³-hybridized carbons (Fsp3) is 0.467. The van der Waals surface area contributed by atoms with Gasteiger partial charge in [0.1, 0.15) is 12.1 Å².